The molecular weight excluding hydrogens is 206 g/mol. The van der Waals surface area contributed by atoms with Gasteiger partial charge in [0.1, 0.15) is 5.01 Å². The zero-order valence-corrected chi connectivity index (χ0v) is 9.80. The molecule has 1 aromatic rings. The lowest BCUT2D eigenvalue weighted by atomic mass is 9.86. The second kappa shape index (κ2) is 5.58. The number of hydrogen-bond acceptors (Lipinski definition) is 4. The third kappa shape index (κ3) is 3.55. The Bertz CT molecular complexity index is 273. The maximum Gasteiger partial charge on any atom is 0.106 e. The van der Waals surface area contributed by atoms with Crippen molar-refractivity contribution in [1.29, 1.82) is 0 Å². The van der Waals surface area contributed by atoms with Crippen LogP contribution in [0.25, 0.3) is 0 Å². The average Bonchev–Trinajstić information content (AvgIpc) is 2.71. The summed E-state index contributed by atoms with van der Waals surface area (Å²) < 4.78 is 0. The summed E-state index contributed by atoms with van der Waals surface area (Å²) >= 11 is 1.71. The van der Waals surface area contributed by atoms with Gasteiger partial charge in [0.2, 0.25) is 0 Å². The van der Waals surface area contributed by atoms with Crippen molar-refractivity contribution < 1.29 is 0 Å². The highest BCUT2D eigenvalue weighted by atomic mass is 32.1. The van der Waals surface area contributed by atoms with Crippen molar-refractivity contribution in [3.63, 3.8) is 0 Å². The van der Waals surface area contributed by atoms with Crippen molar-refractivity contribution in [3.8, 4) is 0 Å². The molecular formula is C11H19N3S. The molecule has 2 rings (SSSR count). The molecule has 1 aliphatic carbocycles. The van der Waals surface area contributed by atoms with Crippen LogP contribution in [0.2, 0.25) is 0 Å². The first-order valence-corrected chi connectivity index (χ1v) is 6.57. The zero-order valence-electron chi connectivity index (χ0n) is 8.98. The summed E-state index contributed by atoms with van der Waals surface area (Å²) in [6, 6.07) is 0.436. The summed E-state index contributed by atoms with van der Waals surface area (Å²) in [5.74, 6) is 0.772. The first-order valence-electron chi connectivity index (χ1n) is 5.69. The summed E-state index contributed by atoms with van der Waals surface area (Å²) in [6.45, 7) is 2.00. The Morgan fingerprint density at radius 2 is 2.47 bits per heavy atom. The highest BCUT2D eigenvalue weighted by Crippen LogP contribution is 2.22. The lowest BCUT2D eigenvalue weighted by Gasteiger charge is -2.26. The highest BCUT2D eigenvalue weighted by molar-refractivity contribution is 7.09. The van der Waals surface area contributed by atoms with E-state index in [2.05, 4.69) is 10.3 Å². The fraction of sp³-hybridized carbons (Fsp3) is 0.727. The number of thiazole rings is 1. The van der Waals surface area contributed by atoms with Gasteiger partial charge in [-0.15, -0.1) is 11.3 Å². The van der Waals surface area contributed by atoms with Gasteiger partial charge in [-0.25, -0.2) is 4.98 Å². The van der Waals surface area contributed by atoms with Gasteiger partial charge in [-0.2, -0.15) is 0 Å². The van der Waals surface area contributed by atoms with Crippen LogP contribution < -0.4 is 11.1 Å². The number of nitrogens with zero attached hydrogens (tertiary/aromatic N) is 1. The topological polar surface area (TPSA) is 50.9 Å². The summed E-state index contributed by atoms with van der Waals surface area (Å²) in [4.78, 5) is 4.25. The first-order chi connectivity index (χ1) is 7.34. The molecule has 0 aliphatic heterocycles. The van der Waals surface area contributed by atoms with Crippen molar-refractivity contribution in [3.05, 3.63) is 16.6 Å². The maximum atomic E-state index is 5.95. The number of rotatable bonds is 4. The van der Waals surface area contributed by atoms with Crippen molar-refractivity contribution in [1.82, 2.24) is 10.3 Å². The van der Waals surface area contributed by atoms with Gasteiger partial charge in [-0.05, 0) is 31.7 Å². The Hall–Kier alpha value is -0.450. The number of aromatic nitrogens is 1. The fourth-order valence-corrected chi connectivity index (χ4v) is 2.83. The largest absolute Gasteiger partial charge is 0.328 e. The highest BCUT2D eigenvalue weighted by Gasteiger charge is 2.18. The van der Waals surface area contributed by atoms with Crippen LogP contribution >= 0.6 is 11.3 Å². The summed E-state index contributed by atoms with van der Waals surface area (Å²) in [5, 5.41) is 6.67. The Labute approximate surface area is 95.1 Å². The second-order valence-corrected chi connectivity index (χ2v) is 5.33. The van der Waals surface area contributed by atoms with Gasteiger partial charge in [-0.3, -0.25) is 0 Å². The van der Waals surface area contributed by atoms with E-state index in [9.17, 15) is 0 Å². The minimum Gasteiger partial charge on any atom is -0.328 e. The third-order valence-electron chi connectivity index (χ3n) is 3.02. The molecule has 15 heavy (non-hydrogen) atoms. The molecule has 2 atom stereocenters. The van der Waals surface area contributed by atoms with Crippen LogP contribution in [-0.2, 0) is 6.54 Å². The van der Waals surface area contributed by atoms with Gasteiger partial charge in [0, 0.05) is 24.2 Å². The van der Waals surface area contributed by atoms with E-state index in [1.54, 1.807) is 11.3 Å². The van der Waals surface area contributed by atoms with Crippen molar-refractivity contribution >= 4 is 11.3 Å². The fourth-order valence-electron chi connectivity index (χ4n) is 2.24. The van der Waals surface area contributed by atoms with E-state index in [4.69, 9.17) is 5.73 Å². The van der Waals surface area contributed by atoms with Crippen molar-refractivity contribution in [2.75, 3.05) is 6.54 Å². The minimum atomic E-state index is 0.436. The molecule has 0 aromatic carbocycles. The molecule has 3 nitrogen and oxygen atoms in total. The molecule has 0 spiro atoms. The van der Waals surface area contributed by atoms with Crippen molar-refractivity contribution in [2.24, 2.45) is 11.7 Å². The SMILES string of the molecule is NC1CCCC(CNCc2nccs2)C1. The van der Waals surface area contributed by atoms with Crippen LogP contribution in [0.3, 0.4) is 0 Å². The van der Waals surface area contributed by atoms with E-state index in [1.165, 1.54) is 30.7 Å². The molecule has 3 N–H and O–H groups in total. The molecule has 1 aliphatic rings. The summed E-state index contributed by atoms with van der Waals surface area (Å²) in [5.41, 5.74) is 5.95. The van der Waals surface area contributed by atoms with E-state index in [-0.39, 0.29) is 0 Å². The molecule has 0 amide bonds. The Balaban J connectivity index is 1.65. The molecule has 0 saturated heterocycles. The first kappa shape index (κ1) is 11.0. The van der Waals surface area contributed by atoms with E-state index in [0.717, 1.165) is 19.0 Å². The van der Waals surface area contributed by atoms with Crippen molar-refractivity contribution in [2.45, 2.75) is 38.3 Å². The predicted molar refractivity (Wildman–Crippen MR) is 63.8 cm³/mol. The second-order valence-electron chi connectivity index (χ2n) is 4.35. The normalized spacial score (nSPS) is 26.7. The van der Waals surface area contributed by atoms with Crippen LogP contribution in [0.4, 0.5) is 0 Å². The molecule has 4 heteroatoms. The molecule has 0 bridgehead atoms. The smallest absolute Gasteiger partial charge is 0.106 e. The lowest BCUT2D eigenvalue weighted by molar-refractivity contribution is 0.310. The summed E-state index contributed by atoms with van der Waals surface area (Å²) in [7, 11) is 0. The summed E-state index contributed by atoms with van der Waals surface area (Å²) in [6.07, 6.45) is 6.88. The Morgan fingerprint density at radius 1 is 1.53 bits per heavy atom. The van der Waals surface area contributed by atoms with Gasteiger partial charge in [0.15, 0.2) is 0 Å². The van der Waals surface area contributed by atoms with Crippen LogP contribution in [0.1, 0.15) is 30.7 Å². The number of hydrogen-bond donors (Lipinski definition) is 2. The van der Waals surface area contributed by atoms with Crippen LogP contribution in [0.5, 0.6) is 0 Å². The Morgan fingerprint density at radius 3 is 3.20 bits per heavy atom. The van der Waals surface area contributed by atoms with Crippen LogP contribution in [0, 0.1) is 5.92 Å². The number of nitrogens with one attached hydrogen (secondary N) is 1. The molecule has 84 valence electrons. The zero-order chi connectivity index (χ0) is 10.5. The van der Waals surface area contributed by atoms with Crippen LogP contribution in [-0.4, -0.2) is 17.6 Å². The van der Waals surface area contributed by atoms with Gasteiger partial charge in [-0.1, -0.05) is 6.42 Å². The molecule has 1 saturated carbocycles. The minimum absolute atomic E-state index is 0.436. The van der Waals surface area contributed by atoms with Gasteiger partial charge >= 0.3 is 0 Å². The monoisotopic (exact) mass is 225 g/mol. The molecule has 1 heterocycles. The molecule has 2 unspecified atom stereocenters. The van der Waals surface area contributed by atoms with Gasteiger partial charge < -0.3 is 11.1 Å². The third-order valence-corrected chi connectivity index (χ3v) is 3.80. The van der Waals surface area contributed by atoms with E-state index in [1.807, 2.05) is 11.6 Å². The molecule has 1 fully saturated rings. The lowest BCUT2D eigenvalue weighted by Crippen LogP contribution is -2.33. The van der Waals surface area contributed by atoms with Gasteiger partial charge in [0.05, 0.1) is 0 Å². The Kier molecular flexibility index (Phi) is 4.11. The van der Waals surface area contributed by atoms with E-state index >= 15 is 0 Å². The van der Waals surface area contributed by atoms with E-state index < -0.39 is 0 Å². The molecule has 0 radical (unpaired) electrons. The maximum absolute atomic E-state index is 5.95. The molecule has 1 aromatic heterocycles. The number of nitrogens with two attached hydrogens (primary N) is 1. The van der Waals surface area contributed by atoms with Gasteiger partial charge in [0.25, 0.3) is 0 Å². The van der Waals surface area contributed by atoms with Crippen LogP contribution in [0.15, 0.2) is 11.6 Å². The average molecular weight is 225 g/mol. The quantitative estimate of drug-likeness (QED) is 0.821. The predicted octanol–water partition coefficient (Wildman–Crippen LogP) is 1.75. The standard InChI is InChI=1S/C11H19N3S/c12-10-3-1-2-9(6-10)7-13-8-11-14-4-5-15-11/h4-5,9-10,13H,1-3,6-8,12H2. The van der Waals surface area contributed by atoms with E-state index in [0.29, 0.717) is 6.04 Å².